The lowest BCUT2D eigenvalue weighted by molar-refractivity contribution is 0.592. The lowest BCUT2D eigenvalue weighted by Gasteiger charge is -2.00. The molecule has 0 fully saturated rings. The van der Waals surface area contributed by atoms with Crippen molar-refractivity contribution in [1.82, 2.24) is 19.9 Å². The largest absolute Gasteiger partial charge is 0.325 e. The number of imidazole rings is 1. The first-order chi connectivity index (χ1) is 7.41. The Hall–Kier alpha value is -1.35. The summed E-state index contributed by atoms with van der Waals surface area (Å²) in [5, 5.41) is 0.128. The molecule has 0 saturated carbocycles. The van der Waals surface area contributed by atoms with Gasteiger partial charge in [-0.15, -0.1) is 11.8 Å². The van der Waals surface area contributed by atoms with E-state index >= 15 is 0 Å². The SMILES string of the molecule is CSc1nc(S(C)(=O)=O)nc2[nH]c(=O)[nH]c12. The minimum Gasteiger partial charge on any atom is -0.302 e. The van der Waals surface area contributed by atoms with E-state index in [1.165, 1.54) is 11.8 Å². The van der Waals surface area contributed by atoms with Gasteiger partial charge in [-0.2, -0.15) is 4.98 Å². The Morgan fingerprint density at radius 2 is 1.94 bits per heavy atom. The van der Waals surface area contributed by atoms with Crippen molar-refractivity contribution in [2.24, 2.45) is 0 Å². The Bertz CT molecular complexity index is 700. The zero-order valence-corrected chi connectivity index (χ0v) is 10.1. The van der Waals surface area contributed by atoms with Gasteiger partial charge in [0, 0.05) is 6.26 Å². The van der Waals surface area contributed by atoms with E-state index in [4.69, 9.17) is 0 Å². The van der Waals surface area contributed by atoms with E-state index in [0.29, 0.717) is 10.5 Å². The molecule has 0 atom stereocenters. The van der Waals surface area contributed by atoms with E-state index in [1.54, 1.807) is 6.26 Å². The molecule has 0 aliphatic rings. The van der Waals surface area contributed by atoms with E-state index in [0.717, 1.165) is 6.26 Å². The molecular weight excluding hydrogens is 252 g/mol. The molecule has 2 aromatic heterocycles. The van der Waals surface area contributed by atoms with Gasteiger partial charge in [0.05, 0.1) is 0 Å². The summed E-state index contributed by atoms with van der Waals surface area (Å²) in [6.07, 6.45) is 2.75. The summed E-state index contributed by atoms with van der Waals surface area (Å²) >= 11 is 1.24. The molecule has 0 saturated heterocycles. The molecule has 0 radical (unpaired) electrons. The van der Waals surface area contributed by atoms with Crippen LogP contribution >= 0.6 is 11.8 Å². The summed E-state index contributed by atoms with van der Waals surface area (Å²) in [4.78, 5) is 23.6. The van der Waals surface area contributed by atoms with Crippen molar-refractivity contribution in [2.45, 2.75) is 10.2 Å². The average molecular weight is 260 g/mol. The number of hydrogen-bond acceptors (Lipinski definition) is 6. The Kier molecular flexibility index (Phi) is 2.50. The monoisotopic (exact) mass is 260 g/mol. The molecule has 0 aliphatic heterocycles. The third-order valence-electron chi connectivity index (χ3n) is 1.85. The van der Waals surface area contributed by atoms with Gasteiger partial charge in [-0.3, -0.25) is 4.98 Å². The van der Waals surface area contributed by atoms with Crippen LogP contribution in [0.15, 0.2) is 15.0 Å². The number of rotatable bonds is 2. The van der Waals surface area contributed by atoms with Crippen molar-refractivity contribution in [2.75, 3.05) is 12.5 Å². The van der Waals surface area contributed by atoms with Crippen molar-refractivity contribution >= 4 is 32.8 Å². The number of thioether (sulfide) groups is 1. The fourth-order valence-corrected chi connectivity index (χ4v) is 2.29. The van der Waals surface area contributed by atoms with Gasteiger partial charge in [-0.25, -0.2) is 18.2 Å². The summed E-state index contributed by atoms with van der Waals surface area (Å²) in [6.45, 7) is 0. The first kappa shape index (κ1) is 11.1. The molecule has 0 spiro atoms. The van der Waals surface area contributed by atoms with Crippen molar-refractivity contribution in [1.29, 1.82) is 0 Å². The highest BCUT2D eigenvalue weighted by atomic mass is 32.2. The molecule has 2 N–H and O–H groups in total. The van der Waals surface area contributed by atoms with Crippen LogP contribution in [0.4, 0.5) is 0 Å². The molecule has 16 heavy (non-hydrogen) atoms. The minimum absolute atomic E-state index is 0.199. The molecule has 0 bridgehead atoms. The average Bonchev–Trinajstić information content (AvgIpc) is 2.54. The minimum atomic E-state index is -3.49. The van der Waals surface area contributed by atoms with Crippen LogP contribution < -0.4 is 5.69 Å². The van der Waals surface area contributed by atoms with Crippen LogP contribution in [0.25, 0.3) is 11.2 Å². The number of aromatic nitrogens is 4. The standard InChI is InChI=1S/C7H8N4O3S2/c1-15-5-3-4(9-6(12)8-3)10-7(11-5)16(2,13)14/h1-2H3,(H2,8,9,10,11,12). The number of H-pyrrole nitrogens is 2. The maximum absolute atomic E-state index is 11.3. The highest BCUT2D eigenvalue weighted by molar-refractivity contribution is 7.98. The quantitative estimate of drug-likeness (QED) is 0.438. The van der Waals surface area contributed by atoms with Gasteiger partial charge in [0.25, 0.3) is 0 Å². The van der Waals surface area contributed by atoms with Gasteiger partial charge in [0.2, 0.25) is 15.0 Å². The van der Waals surface area contributed by atoms with Crippen LogP contribution in [0.1, 0.15) is 0 Å². The first-order valence-corrected chi connectivity index (χ1v) is 7.27. The van der Waals surface area contributed by atoms with E-state index < -0.39 is 15.5 Å². The van der Waals surface area contributed by atoms with Crippen LogP contribution in [0.3, 0.4) is 0 Å². The molecular formula is C7H8N4O3S2. The van der Waals surface area contributed by atoms with Gasteiger partial charge < -0.3 is 4.98 Å². The number of aromatic amines is 2. The van der Waals surface area contributed by atoms with Crippen LogP contribution in [0.2, 0.25) is 0 Å². The molecule has 0 aromatic carbocycles. The van der Waals surface area contributed by atoms with Crippen LogP contribution in [0.5, 0.6) is 0 Å². The van der Waals surface area contributed by atoms with E-state index in [9.17, 15) is 13.2 Å². The molecule has 7 nitrogen and oxygen atoms in total. The van der Waals surface area contributed by atoms with Crippen molar-refractivity contribution in [3.8, 4) is 0 Å². The van der Waals surface area contributed by atoms with Crippen LogP contribution in [0, 0.1) is 0 Å². The zero-order chi connectivity index (χ0) is 11.9. The predicted molar refractivity (Wildman–Crippen MR) is 59.4 cm³/mol. The Morgan fingerprint density at radius 3 is 2.50 bits per heavy atom. The number of nitrogens with one attached hydrogen (secondary N) is 2. The third kappa shape index (κ3) is 1.83. The second-order valence-electron chi connectivity index (χ2n) is 3.09. The number of hydrogen-bond donors (Lipinski definition) is 2. The molecule has 86 valence electrons. The molecule has 9 heteroatoms. The fourth-order valence-electron chi connectivity index (χ4n) is 1.19. The zero-order valence-electron chi connectivity index (χ0n) is 8.44. The molecule has 2 heterocycles. The summed E-state index contributed by atoms with van der Waals surface area (Å²) in [7, 11) is -3.49. The maximum atomic E-state index is 11.3. The summed E-state index contributed by atoms with van der Waals surface area (Å²) < 4.78 is 22.6. The topological polar surface area (TPSA) is 109 Å². The van der Waals surface area contributed by atoms with Crippen molar-refractivity contribution < 1.29 is 8.42 Å². The lowest BCUT2D eigenvalue weighted by Crippen LogP contribution is -2.05. The highest BCUT2D eigenvalue weighted by Crippen LogP contribution is 2.20. The third-order valence-corrected chi connectivity index (χ3v) is 3.38. The van der Waals surface area contributed by atoms with Gasteiger partial charge in [0.15, 0.2) is 5.65 Å². The first-order valence-electron chi connectivity index (χ1n) is 4.16. The normalized spacial score (nSPS) is 12.1. The number of fused-ring (bicyclic) bond motifs is 1. The molecule has 0 unspecified atom stereocenters. The smallest absolute Gasteiger partial charge is 0.302 e. The van der Waals surface area contributed by atoms with Gasteiger partial charge in [0.1, 0.15) is 10.5 Å². The van der Waals surface area contributed by atoms with Gasteiger partial charge in [-0.1, -0.05) is 0 Å². The van der Waals surface area contributed by atoms with E-state index in [1.807, 2.05) is 0 Å². The molecule has 2 rings (SSSR count). The predicted octanol–water partition coefficient (Wildman–Crippen LogP) is -0.228. The Labute approximate surface area is 94.6 Å². The number of sulfone groups is 1. The highest BCUT2D eigenvalue weighted by Gasteiger charge is 2.16. The van der Waals surface area contributed by atoms with E-state index in [-0.39, 0.29) is 10.8 Å². The molecule has 0 aliphatic carbocycles. The molecule has 2 aromatic rings. The number of nitrogens with zero attached hydrogens (tertiary/aromatic N) is 2. The van der Waals surface area contributed by atoms with Crippen molar-refractivity contribution in [3.63, 3.8) is 0 Å². The summed E-state index contributed by atoms with van der Waals surface area (Å²) in [5.74, 6) is 0. The van der Waals surface area contributed by atoms with Gasteiger partial charge in [-0.05, 0) is 6.26 Å². The Balaban J connectivity index is 2.88. The van der Waals surface area contributed by atoms with Crippen LogP contribution in [-0.4, -0.2) is 40.9 Å². The maximum Gasteiger partial charge on any atom is 0.325 e. The van der Waals surface area contributed by atoms with Crippen LogP contribution in [-0.2, 0) is 9.84 Å². The Morgan fingerprint density at radius 1 is 1.25 bits per heavy atom. The fraction of sp³-hybridized carbons (Fsp3) is 0.286. The second kappa shape index (κ2) is 3.59. The van der Waals surface area contributed by atoms with E-state index in [2.05, 4.69) is 19.9 Å². The summed E-state index contributed by atoms with van der Waals surface area (Å²) in [5.41, 5.74) is 0.180. The summed E-state index contributed by atoms with van der Waals surface area (Å²) in [6, 6.07) is 0. The second-order valence-corrected chi connectivity index (χ2v) is 5.79. The molecule has 0 amide bonds. The lowest BCUT2D eigenvalue weighted by atomic mass is 10.6. The van der Waals surface area contributed by atoms with Crippen molar-refractivity contribution in [3.05, 3.63) is 10.5 Å². The van der Waals surface area contributed by atoms with Gasteiger partial charge >= 0.3 is 5.69 Å².